The molecule has 0 bridgehead atoms. The summed E-state index contributed by atoms with van der Waals surface area (Å²) in [5.41, 5.74) is 1.40. The first-order chi connectivity index (χ1) is 9.22. The predicted molar refractivity (Wildman–Crippen MR) is 79.1 cm³/mol. The number of benzene rings is 1. The van der Waals surface area contributed by atoms with E-state index in [2.05, 4.69) is 50.8 Å². The highest BCUT2D eigenvalue weighted by atomic mass is 79.9. The summed E-state index contributed by atoms with van der Waals surface area (Å²) in [5, 5.41) is 6.42. The number of carbonyl (C=O) groups is 1. The molecule has 3 rings (SSSR count). The quantitative estimate of drug-likeness (QED) is 0.898. The van der Waals surface area contributed by atoms with Crippen LogP contribution >= 0.6 is 15.9 Å². The van der Waals surface area contributed by atoms with Gasteiger partial charge in [0, 0.05) is 17.1 Å². The van der Waals surface area contributed by atoms with Crippen LogP contribution in [-0.2, 0) is 4.79 Å². The van der Waals surface area contributed by atoms with Crippen LogP contribution < -0.4 is 10.6 Å². The van der Waals surface area contributed by atoms with Gasteiger partial charge < -0.3 is 10.6 Å². The van der Waals surface area contributed by atoms with E-state index in [-0.39, 0.29) is 11.9 Å². The van der Waals surface area contributed by atoms with E-state index in [1.54, 1.807) is 0 Å². The van der Waals surface area contributed by atoms with E-state index >= 15 is 0 Å². The molecule has 1 amide bonds. The Labute approximate surface area is 122 Å². The molecule has 2 fully saturated rings. The highest BCUT2D eigenvalue weighted by molar-refractivity contribution is 9.10. The summed E-state index contributed by atoms with van der Waals surface area (Å²) in [6, 6.07) is 9.08. The molecule has 1 aromatic rings. The van der Waals surface area contributed by atoms with Gasteiger partial charge in [-0.05, 0) is 49.3 Å². The maximum Gasteiger partial charge on any atom is 0.237 e. The lowest BCUT2D eigenvalue weighted by atomic mass is 9.75. The first-order valence-electron chi connectivity index (χ1n) is 7.01. The van der Waals surface area contributed by atoms with Crippen molar-refractivity contribution in [3.63, 3.8) is 0 Å². The Hall–Kier alpha value is -0.870. The number of hydrogen-bond donors (Lipinski definition) is 2. The third kappa shape index (κ3) is 3.00. The van der Waals surface area contributed by atoms with Gasteiger partial charge in [-0.1, -0.05) is 28.1 Å². The van der Waals surface area contributed by atoms with Crippen molar-refractivity contribution in [2.45, 2.75) is 43.7 Å². The molecule has 1 atom stereocenters. The number of amides is 1. The second-order valence-corrected chi connectivity index (χ2v) is 6.49. The van der Waals surface area contributed by atoms with Crippen molar-refractivity contribution in [1.29, 1.82) is 0 Å². The average Bonchev–Trinajstić information content (AvgIpc) is 2.35. The first kappa shape index (κ1) is 13.1. The van der Waals surface area contributed by atoms with Crippen LogP contribution in [0, 0.1) is 0 Å². The van der Waals surface area contributed by atoms with Gasteiger partial charge in [-0.25, -0.2) is 0 Å². The second-order valence-electron chi connectivity index (χ2n) is 5.57. The lowest BCUT2D eigenvalue weighted by molar-refractivity contribution is -0.124. The number of rotatable bonds is 3. The van der Waals surface area contributed by atoms with Crippen molar-refractivity contribution in [2.75, 3.05) is 6.54 Å². The van der Waals surface area contributed by atoms with Gasteiger partial charge in [0.05, 0.1) is 6.04 Å². The van der Waals surface area contributed by atoms with Crippen LogP contribution in [0.1, 0.15) is 37.2 Å². The molecular formula is C15H19BrN2O. The van der Waals surface area contributed by atoms with Crippen LogP contribution in [0.4, 0.5) is 0 Å². The Balaban J connectivity index is 1.51. The standard InChI is InChI=1S/C15H19BrN2O/c16-12-4-1-3-10(7-12)11-8-13(9-11)18-14-5-2-6-17-15(14)19/h1,3-4,7,11,13-14,18H,2,5-6,8-9H2,(H,17,19). The monoisotopic (exact) mass is 322 g/mol. The first-order valence-corrected chi connectivity index (χ1v) is 7.81. The summed E-state index contributed by atoms with van der Waals surface area (Å²) in [5.74, 6) is 0.818. The van der Waals surface area contributed by atoms with Crippen molar-refractivity contribution < 1.29 is 4.79 Å². The molecule has 4 heteroatoms. The molecule has 1 unspecified atom stereocenters. The van der Waals surface area contributed by atoms with Crippen LogP contribution in [0.25, 0.3) is 0 Å². The Morgan fingerprint density at radius 2 is 2.16 bits per heavy atom. The number of carbonyl (C=O) groups excluding carboxylic acids is 1. The number of halogens is 1. The molecule has 2 N–H and O–H groups in total. The Kier molecular flexibility index (Phi) is 3.89. The molecule has 1 heterocycles. The molecule has 0 spiro atoms. The van der Waals surface area contributed by atoms with Crippen molar-refractivity contribution in [2.24, 2.45) is 0 Å². The van der Waals surface area contributed by atoms with Crippen LogP contribution in [-0.4, -0.2) is 24.5 Å². The minimum Gasteiger partial charge on any atom is -0.355 e. The molecule has 1 aliphatic carbocycles. The molecule has 1 saturated carbocycles. The van der Waals surface area contributed by atoms with E-state index in [1.165, 1.54) is 5.56 Å². The Morgan fingerprint density at radius 1 is 1.32 bits per heavy atom. The van der Waals surface area contributed by atoms with Gasteiger partial charge >= 0.3 is 0 Å². The SMILES string of the molecule is O=C1NCCCC1NC1CC(c2cccc(Br)c2)C1. The van der Waals surface area contributed by atoms with Gasteiger partial charge in [0.15, 0.2) is 0 Å². The smallest absolute Gasteiger partial charge is 0.237 e. The van der Waals surface area contributed by atoms with Crippen molar-refractivity contribution in [3.05, 3.63) is 34.3 Å². The predicted octanol–water partition coefficient (Wildman–Crippen LogP) is 2.56. The van der Waals surface area contributed by atoms with E-state index in [0.29, 0.717) is 12.0 Å². The summed E-state index contributed by atoms with van der Waals surface area (Å²) in [7, 11) is 0. The highest BCUT2D eigenvalue weighted by Gasteiger charge is 2.33. The zero-order chi connectivity index (χ0) is 13.2. The summed E-state index contributed by atoms with van der Waals surface area (Å²) in [6.07, 6.45) is 4.34. The molecular weight excluding hydrogens is 304 g/mol. The maximum absolute atomic E-state index is 11.7. The normalized spacial score (nSPS) is 30.6. The summed E-state index contributed by atoms with van der Waals surface area (Å²) >= 11 is 3.52. The summed E-state index contributed by atoms with van der Waals surface area (Å²) in [6.45, 7) is 0.836. The molecule has 1 saturated heterocycles. The largest absolute Gasteiger partial charge is 0.355 e. The van der Waals surface area contributed by atoms with Crippen molar-refractivity contribution in [1.82, 2.24) is 10.6 Å². The summed E-state index contributed by atoms with van der Waals surface area (Å²) in [4.78, 5) is 11.7. The minimum atomic E-state index is 0.0298. The fourth-order valence-corrected chi connectivity index (χ4v) is 3.42. The average molecular weight is 323 g/mol. The lowest BCUT2D eigenvalue weighted by Crippen LogP contribution is -2.54. The fraction of sp³-hybridized carbons (Fsp3) is 0.533. The zero-order valence-corrected chi connectivity index (χ0v) is 12.4. The topological polar surface area (TPSA) is 41.1 Å². The van der Waals surface area contributed by atoms with Gasteiger partial charge in [-0.2, -0.15) is 0 Å². The van der Waals surface area contributed by atoms with E-state index in [4.69, 9.17) is 0 Å². The molecule has 3 nitrogen and oxygen atoms in total. The number of hydrogen-bond acceptors (Lipinski definition) is 2. The van der Waals surface area contributed by atoms with Gasteiger partial charge in [-0.3, -0.25) is 4.79 Å². The van der Waals surface area contributed by atoms with Crippen LogP contribution in [0.5, 0.6) is 0 Å². The molecule has 0 radical (unpaired) electrons. The van der Waals surface area contributed by atoms with Crippen molar-refractivity contribution >= 4 is 21.8 Å². The zero-order valence-electron chi connectivity index (χ0n) is 10.9. The van der Waals surface area contributed by atoms with E-state index in [0.717, 1.165) is 36.7 Å². The van der Waals surface area contributed by atoms with Crippen molar-refractivity contribution in [3.8, 4) is 0 Å². The molecule has 102 valence electrons. The van der Waals surface area contributed by atoms with Gasteiger partial charge in [-0.15, -0.1) is 0 Å². The number of nitrogens with one attached hydrogen (secondary N) is 2. The van der Waals surface area contributed by atoms with Gasteiger partial charge in [0.2, 0.25) is 5.91 Å². The van der Waals surface area contributed by atoms with E-state index in [1.807, 2.05) is 0 Å². The number of piperidine rings is 1. The molecule has 2 aliphatic rings. The summed E-state index contributed by atoms with van der Waals surface area (Å²) < 4.78 is 1.15. The van der Waals surface area contributed by atoms with Crippen LogP contribution in [0.3, 0.4) is 0 Å². The fourth-order valence-electron chi connectivity index (χ4n) is 3.00. The maximum atomic E-state index is 11.7. The molecule has 1 aromatic carbocycles. The van der Waals surface area contributed by atoms with Gasteiger partial charge in [0.25, 0.3) is 0 Å². The van der Waals surface area contributed by atoms with E-state index in [9.17, 15) is 4.79 Å². The third-order valence-electron chi connectivity index (χ3n) is 4.18. The highest BCUT2D eigenvalue weighted by Crippen LogP contribution is 2.38. The van der Waals surface area contributed by atoms with Gasteiger partial charge in [0.1, 0.15) is 0 Å². The Bertz CT molecular complexity index is 471. The van der Waals surface area contributed by atoms with Crippen LogP contribution in [0.15, 0.2) is 28.7 Å². The second kappa shape index (κ2) is 5.63. The van der Waals surface area contributed by atoms with E-state index < -0.39 is 0 Å². The minimum absolute atomic E-state index is 0.0298. The Morgan fingerprint density at radius 3 is 2.89 bits per heavy atom. The molecule has 1 aliphatic heterocycles. The lowest BCUT2D eigenvalue weighted by Gasteiger charge is -2.39. The molecule has 19 heavy (non-hydrogen) atoms. The molecule has 0 aromatic heterocycles. The third-order valence-corrected chi connectivity index (χ3v) is 4.67. The van der Waals surface area contributed by atoms with Crippen LogP contribution in [0.2, 0.25) is 0 Å².